The highest BCUT2D eigenvalue weighted by molar-refractivity contribution is 6.30. The summed E-state index contributed by atoms with van der Waals surface area (Å²) in [6.07, 6.45) is -0.612. The van der Waals surface area contributed by atoms with Crippen LogP contribution in [0.1, 0.15) is 24.2 Å². The van der Waals surface area contributed by atoms with Crippen LogP contribution in [0.2, 0.25) is 5.02 Å². The van der Waals surface area contributed by atoms with Crippen LogP contribution < -0.4 is 4.74 Å². The van der Waals surface area contributed by atoms with Crippen LogP contribution in [0.3, 0.4) is 0 Å². The van der Waals surface area contributed by atoms with E-state index in [0.717, 1.165) is 12.0 Å². The number of carbonyl (C=O) groups excluding carboxylic acids is 1. The van der Waals surface area contributed by atoms with Gasteiger partial charge in [0, 0.05) is 17.0 Å². The third kappa shape index (κ3) is 2.37. The lowest BCUT2D eigenvalue weighted by atomic mass is 10.0. The van der Waals surface area contributed by atoms with E-state index in [2.05, 4.69) is 0 Å². The molecule has 4 nitrogen and oxygen atoms in total. The molecule has 1 heterocycles. The number of halogens is 1. The lowest BCUT2D eigenvalue weighted by Crippen LogP contribution is -2.16. The van der Waals surface area contributed by atoms with Crippen LogP contribution in [0.4, 0.5) is 0 Å². The number of fused-ring (bicyclic) bond motifs is 1. The molecule has 5 heteroatoms. The Morgan fingerprint density at radius 2 is 2.41 bits per heavy atom. The Morgan fingerprint density at radius 3 is 3.12 bits per heavy atom. The third-order valence-corrected chi connectivity index (χ3v) is 2.80. The zero-order valence-corrected chi connectivity index (χ0v) is 10.2. The van der Waals surface area contributed by atoms with Gasteiger partial charge in [-0.2, -0.15) is 0 Å². The molecule has 0 bridgehead atoms. The molecule has 1 atom stereocenters. The Bertz CT molecular complexity index is 444. The first-order chi connectivity index (χ1) is 8.13. The number of hydrogen-bond acceptors (Lipinski definition) is 4. The molecule has 1 N–H and O–H groups in total. The molecular weight excluding hydrogens is 244 g/mol. The van der Waals surface area contributed by atoms with E-state index in [-0.39, 0.29) is 6.61 Å². The van der Waals surface area contributed by atoms with Crippen molar-refractivity contribution in [2.24, 2.45) is 0 Å². The van der Waals surface area contributed by atoms with E-state index in [0.29, 0.717) is 22.9 Å². The molecule has 1 unspecified atom stereocenters. The van der Waals surface area contributed by atoms with Crippen molar-refractivity contribution in [1.82, 2.24) is 0 Å². The van der Waals surface area contributed by atoms with Crippen molar-refractivity contribution < 1.29 is 19.4 Å². The average molecular weight is 257 g/mol. The molecule has 2 rings (SSSR count). The second-order valence-corrected chi connectivity index (χ2v) is 4.17. The maximum absolute atomic E-state index is 11.5. The summed E-state index contributed by atoms with van der Waals surface area (Å²) in [5.41, 5.74) is 1.29. The smallest absolute Gasteiger partial charge is 0.339 e. The highest BCUT2D eigenvalue weighted by Crippen LogP contribution is 2.36. The molecule has 0 amide bonds. The maximum Gasteiger partial charge on any atom is 0.339 e. The fourth-order valence-corrected chi connectivity index (χ4v) is 2.10. The van der Waals surface area contributed by atoms with Gasteiger partial charge in [0.05, 0.1) is 13.2 Å². The van der Waals surface area contributed by atoms with Crippen molar-refractivity contribution in [2.75, 3.05) is 13.2 Å². The van der Waals surface area contributed by atoms with E-state index in [1.165, 1.54) is 6.07 Å². The number of esters is 1. The lowest BCUT2D eigenvalue weighted by Gasteiger charge is -2.13. The first kappa shape index (κ1) is 12.2. The molecule has 17 heavy (non-hydrogen) atoms. The molecule has 92 valence electrons. The highest BCUT2D eigenvalue weighted by atomic mass is 35.5. The van der Waals surface area contributed by atoms with Crippen molar-refractivity contribution in [3.8, 4) is 5.75 Å². The second-order valence-electron chi connectivity index (χ2n) is 3.74. The normalized spacial score (nSPS) is 15.0. The molecular formula is C12H13ClO4. The van der Waals surface area contributed by atoms with Gasteiger partial charge >= 0.3 is 5.97 Å². The predicted molar refractivity (Wildman–Crippen MR) is 62.2 cm³/mol. The third-order valence-electron chi connectivity index (χ3n) is 2.58. The monoisotopic (exact) mass is 256 g/mol. The van der Waals surface area contributed by atoms with Gasteiger partial charge < -0.3 is 14.6 Å². The van der Waals surface area contributed by atoms with E-state index in [4.69, 9.17) is 21.1 Å². The summed E-state index contributed by atoms with van der Waals surface area (Å²) < 4.78 is 10.2. The predicted octanol–water partition coefficient (Wildman–Crippen LogP) is 1.87. The first-order valence-corrected chi connectivity index (χ1v) is 5.81. The Kier molecular flexibility index (Phi) is 3.54. The molecule has 0 spiro atoms. The van der Waals surface area contributed by atoms with Crippen LogP contribution in [0.5, 0.6) is 5.75 Å². The summed E-state index contributed by atoms with van der Waals surface area (Å²) in [6.45, 7) is 2.45. The summed E-state index contributed by atoms with van der Waals surface area (Å²) in [5.74, 6) is -0.137. The summed E-state index contributed by atoms with van der Waals surface area (Å²) in [4.78, 5) is 11.5. The van der Waals surface area contributed by atoms with Crippen LogP contribution in [0, 0.1) is 0 Å². The number of rotatable bonds is 3. The maximum atomic E-state index is 11.5. The SMILES string of the molecule is CCOC(=O)C(O)c1cc(Cl)cc2c1OCC2. The van der Waals surface area contributed by atoms with Gasteiger partial charge in [-0.3, -0.25) is 0 Å². The lowest BCUT2D eigenvalue weighted by molar-refractivity contribution is -0.153. The van der Waals surface area contributed by atoms with E-state index in [1.807, 2.05) is 0 Å². The highest BCUT2D eigenvalue weighted by Gasteiger charge is 2.27. The topological polar surface area (TPSA) is 55.8 Å². The fourth-order valence-electron chi connectivity index (χ4n) is 1.85. The van der Waals surface area contributed by atoms with Gasteiger partial charge in [-0.15, -0.1) is 0 Å². The second kappa shape index (κ2) is 4.94. The number of aliphatic hydroxyl groups excluding tert-OH is 1. The molecule has 0 saturated carbocycles. The Morgan fingerprint density at radius 1 is 1.65 bits per heavy atom. The van der Waals surface area contributed by atoms with Crippen LogP contribution in [-0.4, -0.2) is 24.3 Å². The van der Waals surface area contributed by atoms with Crippen molar-refractivity contribution in [3.05, 3.63) is 28.3 Å². The number of hydrogen-bond donors (Lipinski definition) is 1. The van der Waals surface area contributed by atoms with Gasteiger partial charge in [0.25, 0.3) is 0 Å². The molecule has 1 aliphatic heterocycles. The zero-order chi connectivity index (χ0) is 12.4. The van der Waals surface area contributed by atoms with Gasteiger partial charge in [-0.25, -0.2) is 4.79 Å². The van der Waals surface area contributed by atoms with Gasteiger partial charge in [0.1, 0.15) is 5.75 Å². The molecule has 0 fully saturated rings. The van der Waals surface area contributed by atoms with Gasteiger partial charge in [0.2, 0.25) is 0 Å². The minimum Gasteiger partial charge on any atom is -0.493 e. The van der Waals surface area contributed by atoms with Crippen LogP contribution in [-0.2, 0) is 16.0 Å². The van der Waals surface area contributed by atoms with Crippen LogP contribution in [0.15, 0.2) is 12.1 Å². The van der Waals surface area contributed by atoms with Crippen molar-refractivity contribution in [1.29, 1.82) is 0 Å². The molecule has 0 aliphatic carbocycles. The zero-order valence-electron chi connectivity index (χ0n) is 9.40. The summed E-state index contributed by atoms with van der Waals surface area (Å²) >= 11 is 5.94. The average Bonchev–Trinajstić information content (AvgIpc) is 2.75. The summed E-state index contributed by atoms with van der Waals surface area (Å²) in [7, 11) is 0. The van der Waals surface area contributed by atoms with Gasteiger partial charge in [0.15, 0.2) is 6.10 Å². The molecule has 1 aromatic carbocycles. The number of aliphatic hydroxyl groups is 1. The quantitative estimate of drug-likeness (QED) is 0.839. The Labute approximate surface area is 104 Å². The number of carbonyl (C=O) groups is 1. The van der Waals surface area contributed by atoms with Crippen molar-refractivity contribution in [2.45, 2.75) is 19.4 Å². The summed E-state index contributed by atoms with van der Waals surface area (Å²) in [5, 5.41) is 10.4. The molecule has 1 aliphatic rings. The van der Waals surface area contributed by atoms with E-state index >= 15 is 0 Å². The van der Waals surface area contributed by atoms with Crippen LogP contribution >= 0.6 is 11.6 Å². The Hall–Kier alpha value is -1.26. The summed E-state index contributed by atoms with van der Waals surface area (Å²) in [6, 6.07) is 3.32. The molecule has 0 saturated heterocycles. The van der Waals surface area contributed by atoms with Crippen molar-refractivity contribution in [3.63, 3.8) is 0 Å². The minimum absolute atomic E-state index is 0.222. The fraction of sp³-hybridized carbons (Fsp3) is 0.417. The number of benzene rings is 1. The van der Waals surface area contributed by atoms with Gasteiger partial charge in [-0.1, -0.05) is 11.6 Å². The van der Waals surface area contributed by atoms with E-state index < -0.39 is 12.1 Å². The molecule has 0 radical (unpaired) electrons. The van der Waals surface area contributed by atoms with Gasteiger partial charge in [-0.05, 0) is 24.6 Å². The Balaban J connectivity index is 2.35. The minimum atomic E-state index is -1.35. The molecule has 0 aromatic heterocycles. The van der Waals surface area contributed by atoms with E-state index in [1.54, 1.807) is 13.0 Å². The van der Waals surface area contributed by atoms with E-state index in [9.17, 15) is 9.90 Å². The standard InChI is InChI=1S/C12H13ClO4/c1-2-16-12(15)10(14)9-6-8(13)5-7-3-4-17-11(7)9/h5-6,10,14H,2-4H2,1H3. The molecule has 1 aromatic rings. The first-order valence-electron chi connectivity index (χ1n) is 5.43. The number of ether oxygens (including phenoxy) is 2. The van der Waals surface area contributed by atoms with Crippen molar-refractivity contribution >= 4 is 17.6 Å². The largest absolute Gasteiger partial charge is 0.493 e. The van der Waals surface area contributed by atoms with Crippen LogP contribution in [0.25, 0.3) is 0 Å².